The van der Waals surface area contributed by atoms with Gasteiger partial charge < -0.3 is 20.9 Å². The van der Waals surface area contributed by atoms with Gasteiger partial charge in [0.05, 0.1) is 0 Å². The molecule has 2 aromatic rings. The van der Waals surface area contributed by atoms with Crippen LogP contribution in [0.4, 0.5) is 11.4 Å². The molecule has 4 aliphatic carbocycles. The van der Waals surface area contributed by atoms with Gasteiger partial charge in [0.15, 0.2) is 0 Å². The monoisotopic (exact) mass is 350 g/mol. The molecule has 0 heterocycles. The van der Waals surface area contributed by atoms with Crippen molar-refractivity contribution in [3.63, 3.8) is 0 Å². The number of ether oxygens (including phenoxy) is 2. The molecule has 4 fully saturated rings. The first-order valence-electron chi connectivity index (χ1n) is 9.61. The Labute approximate surface area is 154 Å². The maximum Gasteiger partial charge on any atom is 0.122 e. The average molecular weight is 350 g/mol. The summed E-state index contributed by atoms with van der Waals surface area (Å²) in [6.07, 6.45) is 6.75. The summed E-state index contributed by atoms with van der Waals surface area (Å²) < 4.78 is 13.2. The molecule has 0 unspecified atom stereocenters. The number of benzene rings is 2. The predicted molar refractivity (Wildman–Crippen MR) is 103 cm³/mol. The molecule has 4 N–H and O–H groups in total. The van der Waals surface area contributed by atoms with E-state index in [1.165, 1.54) is 6.42 Å². The molecule has 0 spiro atoms. The van der Waals surface area contributed by atoms with E-state index in [1.54, 1.807) is 0 Å². The fraction of sp³-hybridized carbons (Fsp3) is 0.455. The van der Waals surface area contributed by atoms with E-state index in [0.29, 0.717) is 11.8 Å². The largest absolute Gasteiger partial charge is 0.487 e. The van der Waals surface area contributed by atoms with Crippen LogP contribution in [-0.4, -0.2) is 11.2 Å². The maximum absolute atomic E-state index is 6.60. The van der Waals surface area contributed by atoms with E-state index in [1.807, 2.05) is 48.5 Å². The van der Waals surface area contributed by atoms with E-state index in [2.05, 4.69) is 0 Å². The second kappa shape index (κ2) is 5.57. The van der Waals surface area contributed by atoms with Crippen molar-refractivity contribution in [2.24, 2.45) is 11.8 Å². The Bertz CT molecular complexity index is 755. The van der Waals surface area contributed by atoms with Crippen LogP contribution in [-0.2, 0) is 0 Å². The van der Waals surface area contributed by atoms with Gasteiger partial charge in [-0.3, -0.25) is 0 Å². The Hall–Kier alpha value is -2.36. The molecule has 26 heavy (non-hydrogen) atoms. The zero-order valence-corrected chi connectivity index (χ0v) is 15.0. The summed E-state index contributed by atoms with van der Waals surface area (Å²) >= 11 is 0. The van der Waals surface area contributed by atoms with Gasteiger partial charge in [0.25, 0.3) is 0 Å². The van der Waals surface area contributed by atoms with Gasteiger partial charge in [0.1, 0.15) is 22.7 Å². The Balaban J connectivity index is 1.44. The van der Waals surface area contributed by atoms with Crippen LogP contribution in [0.25, 0.3) is 0 Å². The number of hydrogen-bond acceptors (Lipinski definition) is 4. The lowest BCUT2D eigenvalue weighted by molar-refractivity contribution is -0.177. The van der Waals surface area contributed by atoms with Gasteiger partial charge in [-0.05, 0) is 68.2 Å². The minimum atomic E-state index is -0.127. The van der Waals surface area contributed by atoms with Crippen LogP contribution in [0.1, 0.15) is 38.5 Å². The predicted octanol–water partition coefficient (Wildman–Crippen LogP) is 4.40. The Kier molecular flexibility index (Phi) is 3.40. The first-order valence-corrected chi connectivity index (χ1v) is 9.61. The molecule has 4 aliphatic rings. The number of hydrogen-bond donors (Lipinski definition) is 2. The Morgan fingerprint density at radius 1 is 0.731 bits per heavy atom. The molecule has 4 nitrogen and oxygen atoms in total. The van der Waals surface area contributed by atoms with Crippen molar-refractivity contribution in [3.8, 4) is 11.5 Å². The summed E-state index contributed by atoms with van der Waals surface area (Å²) in [6.45, 7) is 0. The molecule has 0 aromatic heterocycles. The molecule has 0 radical (unpaired) electrons. The fourth-order valence-electron chi connectivity index (χ4n) is 5.99. The van der Waals surface area contributed by atoms with Gasteiger partial charge in [-0.1, -0.05) is 12.1 Å². The summed E-state index contributed by atoms with van der Waals surface area (Å²) in [4.78, 5) is 0. The highest BCUT2D eigenvalue weighted by atomic mass is 16.5. The second-order valence-corrected chi connectivity index (χ2v) is 8.68. The lowest BCUT2D eigenvalue weighted by Gasteiger charge is -2.60. The third-order valence-electron chi connectivity index (χ3n) is 6.34. The molecular weight excluding hydrogens is 324 g/mol. The van der Waals surface area contributed by atoms with Crippen molar-refractivity contribution in [3.05, 3.63) is 48.5 Å². The molecule has 0 aliphatic heterocycles. The van der Waals surface area contributed by atoms with Crippen LogP contribution >= 0.6 is 0 Å². The number of nitrogens with two attached hydrogens (primary N) is 2. The van der Waals surface area contributed by atoms with Gasteiger partial charge in [0, 0.05) is 29.9 Å². The molecule has 0 atom stereocenters. The smallest absolute Gasteiger partial charge is 0.122 e. The third-order valence-corrected chi connectivity index (χ3v) is 6.34. The third kappa shape index (κ3) is 2.77. The molecule has 2 aromatic carbocycles. The first-order chi connectivity index (χ1) is 12.5. The summed E-state index contributed by atoms with van der Waals surface area (Å²) in [6, 6.07) is 15.6. The summed E-state index contributed by atoms with van der Waals surface area (Å²) in [5, 5.41) is 0. The SMILES string of the molecule is Nc1cccc(OC23CC4CC(C2)CC(Oc2cccc(N)c2)(C4)C3)c1. The van der Waals surface area contributed by atoms with Crippen LogP contribution in [0.2, 0.25) is 0 Å². The molecule has 4 saturated carbocycles. The topological polar surface area (TPSA) is 70.5 Å². The lowest BCUT2D eigenvalue weighted by Crippen LogP contribution is -2.63. The van der Waals surface area contributed by atoms with E-state index in [0.717, 1.165) is 55.0 Å². The Morgan fingerprint density at radius 3 is 1.62 bits per heavy atom. The molecule has 0 saturated heterocycles. The van der Waals surface area contributed by atoms with Gasteiger partial charge in [-0.25, -0.2) is 0 Å². The van der Waals surface area contributed by atoms with Crippen molar-refractivity contribution in [1.29, 1.82) is 0 Å². The molecule has 6 rings (SSSR count). The van der Waals surface area contributed by atoms with Crippen molar-refractivity contribution in [1.82, 2.24) is 0 Å². The van der Waals surface area contributed by atoms with Gasteiger partial charge >= 0.3 is 0 Å². The fourth-order valence-corrected chi connectivity index (χ4v) is 5.99. The highest BCUT2D eigenvalue weighted by Gasteiger charge is 2.60. The van der Waals surface area contributed by atoms with Crippen LogP contribution in [0.3, 0.4) is 0 Å². The van der Waals surface area contributed by atoms with E-state index in [-0.39, 0.29) is 11.2 Å². The lowest BCUT2D eigenvalue weighted by atomic mass is 9.52. The summed E-state index contributed by atoms with van der Waals surface area (Å²) in [7, 11) is 0. The quantitative estimate of drug-likeness (QED) is 0.802. The van der Waals surface area contributed by atoms with Gasteiger partial charge in [0.2, 0.25) is 0 Å². The summed E-state index contributed by atoms with van der Waals surface area (Å²) in [5.41, 5.74) is 13.1. The zero-order chi connectivity index (χ0) is 17.8. The standard InChI is InChI=1S/C22H26N2O2/c23-17-3-1-5-19(8-17)25-21-10-15-7-16(11-21)13-22(12-15,14-21)26-20-6-2-4-18(24)9-20/h1-6,8-9,15-16H,7,10-14,23-24H2. The second-order valence-electron chi connectivity index (χ2n) is 8.68. The maximum atomic E-state index is 6.60. The highest BCUT2D eigenvalue weighted by Crippen LogP contribution is 2.60. The molecule has 0 amide bonds. The van der Waals surface area contributed by atoms with Crippen molar-refractivity contribution in [2.45, 2.75) is 49.7 Å². The number of nitrogen functional groups attached to an aromatic ring is 2. The van der Waals surface area contributed by atoms with Gasteiger partial charge in [-0.15, -0.1) is 0 Å². The zero-order valence-electron chi connectivity index (χ0n) is 15.0. The van der Waals surface area contributed by atoms with Gasteiger partial charge in [-0.2, -0.15) is 0 Å². The van der Waals surface area contributed by atoms with Crippen LogP contribution in [0.5, 0.6) is 11.5 Å². The normalized spacial score (nSPS) is 34.6. The Morgan fingerprint density at radius 2 is 1.19 bits per heavy atom. The summed E-state index contributed by atoms with van der Waals surface area (Å²) in [5.74, 6) is 3.12. The molecular formula is C22H26N2O2. The van der Waals surface area contributed by atoms with Crippen LogP contribution in [0, 0.1) is 11.8 Å². The van der Waals surface area contributed by atoms with Crippen LogP contribution < -0.4 is 20.9 Å². The average Bonchev–Trinajstić information content (AvgIpc) is 2.52. The highest BCUT2D eigenvalue weighted by molar-refractivity contribution is 5.45. The van der Waals surface area contributed by atoms with Crippen LogP contribution in [0.15, 0.2) is 48.5 Å². The molecule has 4 bridgehead atoms. The van der Waals surface area contributed by atoms with E-state index >= 15 is 0 Å². The number of rotatable bonds is 4. The van der Waals surface area contributed by atoms with Crippen molar-refractivity contribution >= 4 is 11.4 Å². The van der Waals surface area contributed by atoms with Crippen molar-refractivity contribution < 1.29 is 9.47 Å². The van der Waals surface area contributed by atoms with Crippen molar-refractivity contribution in [2.75, 3.05) is 11.5 Å². The van der Waals surface area contributed by atoms with E-state index in [4.69, 9.17) is 20.9 Å². The minimum Gasteiger partial charge on any atom is -0.487 e. The molecule has 4 heteroatoms. The number of anilines is 2. The minimum absolute atomic E-state index is 0.127. The van der Waals surface area contributed by atoms with E-state index in [9.17, 15) is 0 Å². The van der Waals surface area contributed by atoms with E-state index < -0.39 is 0 Å². The first kappa shape index (κ1) is 15.9. The molecule has 136 valence electrons.